The third-order valence-electron chi connectivity index (χ3n) is 5.63. The predicted molar refractivity (Wildman–Crippen MR) is 164 cm³/mol. The van der Waals surface area contributed by atoms with E-state index in [4.69, 9.17) is 4.98 Å². The molecule has 40 heavy (non-hydrogen) atoms. The van der Waals surface area contributed by atoms with Crippen LogP contribution in [0.4, 0.5) is 17.1 Å². The van der Waals surface area contributed by atoms with Crippen molar-refractivity contribution in [1.82, 2.24) is 9.97 Å². The Labute approximate surface area is 243 Å². The lowest BCUT2D eigenvalue weighted by Gasteiger charge is -2.07. The van der Waals surface area contributed by atoms with Gasteiger partial charge in [-0.3, -0.25) is 14.4 Å². The molecule has 0 fully saturated rings. The Morgan fingerprint density at radius 1 is 0.850 bits per heavy atom. The summed E-state index contributed by atoms with van der Waals surface area (Å²) in [5, 5.41) is 11.2. The van der Waals surface area contributed by atoms with Crippen molar-refractivity contribution in [3.8, 4) is 10.6 Å². The SMILES string of the molecule is CC(=O)Nc1cccc(NC(=O)CSc2nc(CC(=O)Nc3ccc(-c4nc5ccc(C)cc5s4)cc3)cs2)c1. The van der Waals surface area contributed by atoms with E-state index in [0.29, 0.717) is 27.1 Å². The van der Waals surface area contributed by atoms with Crippen LogP contribution in [0.1, 0.15) is 18.2 Å². The first-order chi connectivity index (χ1) is 19.3. The lowest BCUT2D eigenvalue weighted by Crippen LogP contribution is -2.15. The van der Waals surface area contributed by atoms with Gasteiger partial charge in [0, 0.05) is 34.9 Å². The Bertz CT molecular complexity index is 1690. The molecular formula is C29H25N5O3S3. The molecule has 3 amide bonds. The van der Waals surface area contributed by atoms with Gasteiger partial charge in [0.05, 0.1) is 28.1 Å². The summed E-state index contributed by atoms with van der Waals surface area (Å²) in [6, 6.07) is 20.8. The second-order valence-electron chi connectivity index (χ2n) is 9.00. The molecule has 0 saturated carbocycles. The van der Waals surface area contributed by atoms with Gasteiger partial charge >= 0.3 is 0 Å². The summed E-state index contributed by atoms with van der Waals surface area (Å²) in [6.07, 6.45) is 0.137. The number of rotatable bonds is 9. The molecule has 3 aromatic carbocycles. The fraction of sp³-hybridized carbons (Fsp3) is 0.138. The number of fused-ring (bicyclic) bond motifs is 1. The summed E-state index contributed by atoms with van der Waals surface area (Å²) < 4.78 is 1.86. The minimum absolute atomic E-state index is 0.137. The maximum absolute atomic E-state index is 12.6. The molecule has 5 aromatic rings. The molecule has 2 heterocycles. The van der Waals surface area contributed by atoms with Crippen molar-refractivity contribution in [3.05, 3.63) is 83.4 Å². The molecule has 0 atom stereocenters. The second kappa shape index (κ2) is 12.4. The van der Waals surface area contributed by atoms with Gasteiger partial charge in [0.1, 0.15) is 5.01 Å². The van der Waals surface area contributed by atoms with Crippen molar-refractivity contribution in [1.29, 1.82) is 0 Å². The topological polar surface area (TPSA) is 113 Å². The lowest BCUT2D eigenvalue weighted by atomic mass is 10.2. The average molecular weight is 588 g/mol. The molecule has 0 aliphatic heterocycles. The van der Waals surface area contributed by atoms with Crippen LogP contribution in [-0.4, -0.2) is 33.4 Å². The number of carbonyl (C=O) groups excluding carboxylic acids is 3. The van der Waals surface area contributed by atoms with Crippen LogP contribution in [0.5, 0.6) is 0 Å². The molecule has 11 heteroatoms. The van der Waals surface area contributed by atoms with Crippen LogP contribution in [0.3, 0.4) is 0 Å². The van der Waals surface area contributed by atoms with Crippen molar-refractivity contribution in [2.45, 2.75) is 24.6 Å². The molecule has 0 unspecified atom stereocenters. The summed E-state index contributed by atoms with van der Waals surface area (Å²) >= 11 is 4.35. The Hall–Kier alpha value is -4.06. The number of nitrogens with one attached hydrogen (secondary N) is 3. The Morgan fingerprint density at radius 2 is 1.60 bits per heavy atom. The van der Waals surface area contributed by atoms with Crippen molar-refractivity contribution >= 4 is 79.4 Å². The van der Waals surface area contributed by atoms with Gasteiger partial charge in [0.2, 0.25) is 17.7 Å². The van der Waals surface area contributed by atoms with Gasteiger partial charge in [-0.2, -0.15) is 0 Å². The molecule has 8 nitrogen and oxygen atoms in total. The van der Waals surface area contributed by atoms with Gasteiger partial charge in [0.25, 0.3) is 0 Å². The number of anilines is 3. The van der Waals surface area contributed by atoms with Gasteiger partial charge in [-0.15, -0.1) is 22.7 Å². The summed E-state index contributed by atoms with van der Waals surface area (Å²) in [6.45, 7) is 3.50. The molecule has 0 saturated heterocycles. The number of benzene rings is 3. The van der Waals surface area contributed by atoms with Gasteiger partial charge < -0.3 is 16.0 Å². The minimum atomic E-state index is -0.191. The van der Waals surface area contributed by atoms with E-state index in [1.54, 1.807) is 35.6 Å². The molecule has 0 spiro atoms. The number of aromatic nitrogens is 2. The van der Waals surface area contributed by atoms with E-state index in [2.05, 4.69) is 40.0 Å². The monoisotopic (exact) mass is 587 g/mol. The van der Waals surface area contributed by atoms with Crippen LogP contribution in [0, 0.1) is 6.92 Å². The standard InChI is InChI=1S/C29H25N5O3S3/c1-17-6-11-24-25(12-17)40-28(34-24)19-7-9-20(10-8-19)31-26(36)14-23-15-38-29(33-23)39-16-27(37)32-22-5-3-4-21(13-22)30-18(2)35/h3-13,15H,14,16H2,1-2H3,(H,30,35)(H,31,36)(H,32,37). The Kier molecular flexibility index (Phi) is 8.54. The van der Waals surface area contributed by atoms with Crippen LogP contribution < -0.4 is 16.0 Å². The maximum atomic E-state index is 12.6. The van der Waals surface area contributed by atoms with Crippen molar-refractivity contribution in [3.63, 3.8) is 0 Å². The van der Waals surface area contributed by atoms with E-state index < -0.39 is 0 Å². The van der Waals surface area contributed by atoms with E-state index in [9.17, 15) is 14.4 Å². The van der Waals surface area contributed by atoms with E-state index in [1.165, 1.54) is 35.6 Å². The molecule has 2 aromatic heterocycles. The molecule has 0 radical (unpaired) electrons. The average Bonchev–Trinajstić information content (AvgIpc) is 3.54. The third-order valence-corrected chi connectivity index (χ3v) is 8.76. The zero-order chi connectivity index (χ0) is 28.1. The number of amides is 3. The van der Waals surface area contributed by atoms with Crippen molar-refractivity contribution in [2.75, 3.05) is 21.7 Å². The molecule has 0 aliphatic carbocycles. The predicted octanol–water partition coefficient (Wildman–Crippen LogP) is 6.60. The van der Waals surface area contributed by atoms with Crippen LogP contribution in [0.15, 0.2) is 76.4 Å². The highest BCUT2D eigenvalue weighted by Gasteiger charge is 2.12. The number of hydrogen-bond acceptors (Lipinski definition) is 8. The van der Waals surface area contributed by atoms with Gasteiger partial charge in [-0.1, -0.05) is 23.9 Å². The van der Waals surface area contributed by atoms with Crippen molar-refractivity contribution < 1.29 is 14.4 Å². The summed E-state index contributed by atoms with van der Waals surface area (Å²) in [7, 11) is 0. The highest BCUT2D eigenvalue weighted by molar-refractivity contribution is 8.01. The van der Waals surface area contributed by atoms with E-state index in [1.807, 2.05) is 35.7 Å². The van der Waals surface area contributed by atoms with Crippen molar-refractivity contribution in [2.24, 2.45) is 0 Å². The first-order valence-corrected chi connectivity index (χ1v) is 15.0. The highest BCUT2D eigenvalue weighted by atomic mass is 32.2. The number of aryl methyl sites for hydroxylation is 1. The van der Waals surface area contributed by atoms with E-state index in [-0.39, 0.29) is 29.9 Å². The number of carbonyl (C=O) groups is 3. The zero-order valence-electron chi connectivity index (χ0n) is 21.7. The number of hydrogen-bond donors (Lipinski definition) is 3. The van der Waals surface area contributed by atoms with Gasteiger partial charge in [-0.25, -0.2) is 9.97 Å². The van der Waals surface area contributed by atoms with E-state index >= 15 is 0 Å². The van der Waals surface area contributed by atoms with Crippen LogP contribution in [0.2, 0.25) is 0 Å². The molecule has 3 N–H and O–H groups in total. The van der Waals surface area contributed by atoms with Gasteiger partial charge in [-0.05, 0) is 67.1 Å². The fourth-order valence-corrected chi connectivity index (χ4v) is 6.57. The lowest BCUT2D eigenvalue weighted by molar-refractivity contribution is -0.116. The highest BCUT2D eigenvalue weighted by Crippen LogP contribution is 2.31. The first kappa shape index (κ1) is 27.5. The second-order valence-corrected chi connectivity index (χ2v) is 12.1. The molecule has 5 rings (SSSR count). The Morgan fingerprint density at radius 3 is 2.38 bits per heavy atom. The number of thioether (sulfide) groups is 1. The number of nitrogens with zero attached hydrogens (tertiary/aromatic N) is 2. The number of thiazole rings is 2. The quantitative estimate of drug-likeness (QED) is 0.168. The summed E-state index contributed by atoms with van der Waals surface area (Å²) in [5.74, 6) is -0.365. The van der Waals surface area contributed by atoms with Crippen LogP contribution >= 0.6 is 34.4 Å². The largest absolute Gasteiger partial charge is 0.326 e. The molecule has 202 valence electrons. The first-order valence-electron chi connectivity index (χ1n) is 12.3. The fourth-order valence-electron chi connectivity index (χ4n) is 3.86. The minimum Gasteiger partial charge on any atom is -0.326 e. The van der Waals surface area contributed by atoms with E-state index in [0.717, 1.165) is 20.8 Å². The smallest absolute Gasteiger partial charge is 0.234 e. The summed E-state index contributed by atoms with van der Waals surface area (Å²) in [5.41, 5.74) is 5.75. The third kappa shape index (κ3) is 7.32. The van der Waals surface area contributed by atoms with Crippen LogP contribution in [0.25, 0.3) is 20.8 Å². The summed E-state index contributed by atoms with van der Waals surface area (Å²) in [4.78, 5) is 45.4. The van der Waals surface area contributed by atoms with Gasteiger partial charge in [0.15, 0.2) is 4.34 Å². The van der Waals surface area contributed by atoms with Crippen LogP contribution in [-0.2, 0) is 20.8 Å². The molecule has 0 bridgehead atoms. The maximum Gasteiger partial charge on any atom is 0.234 e. The molecule has 0 aliphatic rings. The molecular weight excluding hydrogens is 563 g/mol. The normalized spacial score (nSPS) is 10.8. The zero-order valence-corrected chi connectivity index (χ0v) is 24.1. The Balaban J connectivity index is 1.10.